The Bertz CT molecular complexity index is 1640. The molecule has 41 heavy (non-hydrogen) atoms. The average molecular weight is 601 g/mol. The second-order valence-corrected chi connectivity index (χ2v) is 9.67. The maximum atomic E-state index is 15.6. The molecule has 4 amide bonds. The number of nitrogens with one attached hydrogen (secondary N) is 2. The van der Waals surface area contributed by atoms with Crippen LogP contribution in [0.2, 0.25) is 5.02 Å². The zero-order valence-electron chi connectivity index (χ0n) is 20.3. The van der Waals surface area contributed by atoms with Crippen molar-refractivity contribution in [2.24, 2.45) is 5.73 Å². The number of fused-ring (bicyclic) bond motifs is 3. The van der Waals surface area contributed by atoms with Crippen LogP contribution >= 0.6 is 11.6 Å². The van der Waals surface area contributed by atoms with Gasteiger partial charge in [0, 0.05) is 28.3 Å². The van der Waals surface area contributed by atoms with Gasteiger partial charge in [0.05, 0.1) is 35.0 Å². The molecule has 3 aromatic carbocycles. The van der Waals surface area contributed by atoms with Gasteiger partial charge >= 0.3 is 12.2 Å². The molecule has 0 saturated carbocycles. The predicted octanol–water partition coefficient (Wildman–Crippen LogP) is 5.85. The van der Waals surface area contributed by atoms with E-state index in [1.165, 1.54) is 6.07 Å². The lowest BCUT2D eigenvalue weighted by atomic mass is 9.84. The third kappa shape index (κ3) is 4.92. The Morgan fingerprint density at radius 1 is 1.10 bits per heavy atom. The van der Waals surface area contributed by atoms with Gasteiger partial charge in [-0.05, 0) is 47.5 Å². The highest BCUT2D eigenvalue weighted by molar-refractivity contribution is 6.31. The maximum absolute atomic E-state index is 15.6. The monoisotopic (exact) mass is 600 g/mol. The second-order valence-electron chi connectivity index (χ2n) is 9.26. The Hall–Kier alpha value is -4.33. The van der Waals surface area contributed by atoms with Gasteiger partial charge in [0.2, 0.25) is 5.91 Å². The summed E-state index contributed by atoms with van der Waals surface area (Å²) in [6, 6.07) is 2.46. The number of amides is 4. The summed E-state index contributed by atoms with van der Waals surface area (Å²) in [6.45, 7) is -1.51. The first-order valence-electron chi connectivity index (χ1n) is 11.7. The van der Waals surface area contributed by atoms with Crippen molar-refractivity contribution in [3.05, 3.63) is 86.4 Å². The van der Waals surface area contributed by atoms with E-state index in [0.29, 0.717) is 11.0 Å². The molecule has 0 aliphatic carbocycles. The number of primary amides is 1. The zero-order chi connectivity index (χ0) is 30.0. The molecule has 0 radical (unpaired) electrons. The number of benzene rings is 3. The standard InChI is InChI=1S/C26H16ClF7N4O3/c27-15-2-1-11(28)6-12(15)22-19-13(18-14(23(35)39)4-10(5-16(18)29)26(32,33)34)3-9-7-38(8-17(30)31)25(41)37-21(9)20(19)24(40)36-22/h1-6,17,22H,7-8H2,(H2,35,39)(H,36,40)(H,37,41). The minimum atomic E-state index is -5.06. The van der Waals surface area contributed by atoms with Crippen molar-refractivity contribution in [2.45, 2.75) is 25.2 Å². The molecule has 4 N–H and O–H groups in total. The van der Waals surface area contributed by atoms with Gasteiger partial charge in [-0.2, -0.15) is 13.2 Å². The van der Waals surface area contributed by atoms with Crippen molar-refractivity contribution in [1.29, 1.82) is 0 Å². The summed E-state index contributed by atoms with van der Waals surface area (Å²) in [6.07, 6.45) is -8.00. The summed E-state index contributed by atoms with van der Waals surface area (Å²) < 4.78 is 96.4. The number of rotatable bonds is 5. The second kappa shape index (κ2) is 9.94. The van der Waals surface area contributed by atoms with E-state index < -0.39 is 77.9 Å². The molecule has 2 heterocycles. The zero-order valence-corrected chi connectivity index (χ0v) is 21.1. The van der Waals surface area contributed by atoms with Crippen LogP contribution in [-0.4, -0.2) is 35.7 Å². The number of alkyl halides is 5. The lowest BCUT2D eigenvalue weighted by Gasteiger charge is -2.31. The smallest absolute Gasteiger partial charge is 0.366 e. The molecule has 2 aliphatic rings. The van der Waals surface area contributed by atoms with Gasteiger partial charge < -0.3 is 21.3 Å². The van der Waals surface area contributed by atoms with Crippen molar-refractivity contribution in [1.82, 2.24) is 10.2 Å². The average Bonchev–Trinajstić information content (AvgIpc) is 3.21. The third-order valence-electron chi connectivity index (χ3n) is 6.70. The molecule has 0 saturated heterocycles. The number of carbonyl (C=O) groups excluding carboxylic acids is 3. The number of urea groups is 1. The van der Waals surface area contributed by atoms with Crippen LogP contribution in [0, 0.1) is 11.6 Å². The SMILES string of the molecule is NC(=O)c1cc(C(F)(F)F)cc(F)c1-c1cc2c(c3c1C(c1cc(F)ccc1Cl)NC3=O)NC(=O)N(CC(F)F)C2. The fourth-order valence-corrected chi connectivity index (χ4v) is 5.25. The van der Waals surface area contributed by atoms with Crippen LogP contribution in [0.3, 0.4) is 0 Å². The van der Waals surface area contributed by atoms with Crippen LogP contribution in [0.1, 0.15) is 49.0 Å². The van der Waals surface area contributed by atoms with E-state index in [1.807, 2.05) is 0 Å². The van der Waals surface area contributed by atoms with E-state index in [9.17, 15) is 40.7 Å². The van der Waals surface area contributed by atoms with Crippen molar-refractivity contribution in [3.63, 3.8) is 0 Å². The number of halogens is 8. The van der Waals surface area contributed by atoms with Crippen LogP contribution in [0.4, 0.5) is 41.2 Å². The molecule has 0 spiro atoms. The Kier molecular flexibility index (Phi) is 6.84. The van der Waals surface area contributed by atoms with E-state index in [1.54, 1.807) is 0 Å². The first kappa shape index (κ1) is 28.2. The molecule has 3 aromatic rings. The molecule has 5 rings (SSSR count). The van der Waals surface area contributed by atoms with Crippen molar-refractivity contribution in [2.75, 3.05) is 11.9 Å². The normalized spacial score (nSPS) is 16.4. The van der Waals surface area contributed by atoms with Crippen LogP contribution in [0.15, 0.2) is 36.4 Å². The van der Waals surface area contributed by atoms with Gasteiger partial charge in [-0.1, -0.05) is 11.6 Å². The van der Waals surface area contributed by atoms with E-state index in [0.717, 1.165) is 18.2 Å². The van der Waals surface area contributed by atoms with Crippen LogP contribution in [-0.2, 0) is 12.7 Å². The summed E-state index contributed by atoms with van der Waals surface area (Å²) in [5.41, 5.74) is 1.26. The van der Waals surface area contributed by atoms with Gasteiger partial charge in [-0.15, -0.1) is 0 Å². The Labute approximate surface area is 231 Å². The molecule has 0 fully saturated rings. The first-order valence-corrected chi connectivity index (χ1v) is 12.1. The molecule has 1 unspecified atom stereocenters. The molecule has 0 aromatic heterocycles. The molecule has 1 atom stereocenters. The molecule has 214 valence electrons. The highest BCUT2D eigenvalue weighted by Gasteiger charge is 2.41. The summed E-state index contributed by atoms with van der Waals surface area (Å²) in [7, 11) is 0. The van der Waals surface area contributed by atoms with Crippen molar-refractivity contribution in [3.8, 4) is 11.1 Å². The summed E-state index contributed by atoms with van der Waals surface area (Å²) in [5.74, 6) is -4.63. The fraction of sp³-hybridized carbons (Fsp3) is 0.192. The van der Waals surface area contributed by atoms with Gasteiger partial charge in [0.1, 0.15) is 11.6 Å². The number of hydrogen-bond donors (Lipinski definition) is 3. The molecular weight excluding hydrogens is 585 g/mol. The van der Waals surface area contributed by atoms with E-state index in [4.69, 9.17) is 17.3 Å². The van der Waals surface area contributed by atoms with Crippen LogP contribution in [0.5, 0.6) is 0 Å². The first-order chi connectivity index (χ1) is 19.2. The van der Waals surface area contributed by atoms with Crippen LogP contribution < -0.4 is 16.4 Å². The number of anilines is 1. The van der Waals surface area contributed by atoms with Gasteiger partial charge in [-0.25, -0.2) is 22.4 Å². The predicted molar refractivity (Wildman–Crippen MR) is 132 cm³/mol. The Balaban J connectivity index is 1.85. The quantitative estimate of drug-likeness (QED) is 0.320. The van der Waals surface area contributed by atoms with E-state index in [-0.39, 0.29) is 44.6 Å². The van der Waals surface area contributed by atoms with Gasteiger partial charge in [0.25, 0.3) is 12.3 Å². The molecule has 7 nitrogen and oxygen atoms in total. The lowest BCUT2D eigenvalue weighted by Crippen LogP contribution is -2.41. The lowest BCUT2D eigenvalue weighted by molar-refractivity contribution is -0.137. The molecular formula is C26H16ClF7N4O3. The van der Waals surface area contributed by atoms with Crippen molar-refractivity contribution >= 4 is 35.1 Å². The Morgan fingerprint density at radius 2 is 1.80 bits per heavy atom. The number of nitrogens with two attached hydrogens (primary N) is 1. The molecule has 15 heteroatoms. The topological polar surface area (TPSA) is 105 Å². The largest absolute Gasteiger partial charge is 0.416 e. The fourth-order valence-electron chi connectivity index (χ4n) is 5.02. The number of nitrogens with zero attached hydrogens (tertiary/aromatic N) is 1. The minimum absolute atomic E-state index is 0.00913. The summed E-state index contributed by atoms with van der Waals surface area (Å²) >= 11 is 6.27. The maximum Gasteiger partial charge on any atom is 0.416 e. The number of hydrogen-bond acceptors (Lipinski definition) is 3. The molecule has 2 aliphatic heterocycles. The highest BCUT2D eigenvalue weighted by atomic mass is 35.5. The summed E-state index contributed by atoms with van der Waals surface area (Å²) in [5, 5.41) is 4.84. The van der Waals surface area contributed by atoms with Crippen molar-refractivity contribution < 1.29 is 45.1 Å². The third-order valence-corrected chi connectivity index (χ3v) is 7.04. The van der Waals surface area contributed by atoms with E-state index >= 15 is 4.39 Å². The van der Waals surface area contributed by atoms with Crippen LogP contribution in [0.25, 0.3) is 11.1 Å². The highest BCUT2D eigenvalue weighted by Crippen LogP contribution is 2.48. The Morgan fingerprint density at radius 3 is 2.44 bits per heavy atom. The summed E-state index contributed by atoms with van der Waals surface area (Å²) in [4.78, 5) is 38.9. The minimum Gasteiger partial charge on any atom is -0.366 e. The van der Waals surface area contributed by atoms with E-state index in [2.05, 4.69) is 10.6 Å². The van der Waals surface area contributed by atoms with Gasteiger partial charge in [-0.3, -0.25) is 9.59 Å². The number of carbonyl (C=O) groups is 3. The molecule has 0 bridgehead atoms. The van der Waals surface area contributed by atoms with Gasteiger partial charge in [0.15, 0.2) is 0 Å².